The standard InChI is InChI=1S/C12H18N2O3.Na/c1-2-9-10(15)13-12(17)14(11(9)16)8-6-4-3-5-7-8;/h8-9H,2-7H2,1H3,(H,13,15,17);. The van der Waals surface area contributed by atoms with Crippen LogP contribution in [0.25, 0.3) is 0 Å². The van der Waals surface area contributed by atoms with Gasteiger partial charge in [-0.25, -0.2) is 4.79 Å². The fraction of sp³-hybridized carbons (Fsp3) is 0.750. The van der Waals surface area contributed by atoms with Crippen molar-refractivity contribution in [3.63, 3.8) is 0 Å². The Labute approximate surface area is 129 Å². The molecule has 1 aliphatic carbocycles. The molecule has 5 nitrogen and oxygen atoms in total. The number of rotatable bonds is 2. The number of imide groups is 2. The quantitative estimate of drug-likeness (QED) is 0.596. The van der Waals surface area contributed by atoms with E-state index in [1.54, 1.807) is 6.92 Å². The molecule has 1 atom stereocenters. The molecule has 95 valence electrons. The van der Waals surface area contributed by atoms with Crippen LogP contribution in [0, 0.1) is 5.92 Å². The van der Waals surface area contributed by atoms with Gasteiger partial charge in [-0.2, -0.15) is 0 Å². The number of hydrogen-bond acceptors (Lipinski definition) is 3. The van der Waals surface area contributed by atoms with Crippen molar-refractivity contribution in [1.29, 1.82) is 0 Å². The van der Waals surface area contributed by atoms with Crippen LogP contribution in [-0.2, 0) is 9.59 Å². The maximum absolute atomic E-state index is 12.1. The summed E-state index contributed by atoms with van der Waals surface area (Å²) in [4.78, 5) is 36.7. The van der Waals surface area contributed by atoms with Crippen molar-refractivity contribution in [2.24, 2.45) is 5.92 Å². The molecule has 0 spiro atoms. The smallest absolute Gasteiger partial charge is 0.277 e. The molecule has 4 amide bonds. The number of urea groups is 1. The Morgan fingerprint density at radius 1 is 1.17 bits per heavy atom. The third-order valence-corrected chi connectivity index (χ3v) is 3.65. The van der Waals surface area contributed by atoms with Gasteiger partial charge in [0.15, 0.2) is 0 Å². The van der Waals surface area contributed by atoms with E-state index < -0.39 is 17.9 Å². The zero-order valence-corrected chi connectivity index (χ0v) is 13.1. The van der Waals surface area contributed by atoms with Crippen LogP contribution in [0.15, 0.2) is 0 Å². The van der Waals surface area contributed by atoms with Crippen LogP contribution in [0.5, 0.6) is 0 Å². The van der Waals surface area contributed by atoms with E-state index in [4.69, 9.17) is 0 Å². The number of carbonyl (C=O) groups is 3. The second kappa shape index (κ2) is 6.68. The van der Waals surface area contributed by atoms with Gasteiger partial charge in [0.05, 0.1) is 0 Å². The van der Waals surface area contributed by atoms with Crippen molar-refractivity contribution in [1.82, 2.24) is 10.2 Å². The van der Waals surface area contributed by atoms with E-state index in [-0.39, 0.29) is 41.5 Å². The zero-order chi connectivity index (χ0) is 12.4. The predicted molar refractivity (Wildman–Crippen MR) is 66.8 cm³/mol. The van der Waals surface area contributed by atoms with E-state index in [2.05, 4.69) is 5.32 Å². The Hall–Kier alpha value is -0.390. The first-order valence-corrected chi connectivity index (χ1v) is 6.33. The van der Waals surface area contributed by atoms with Crippen molar-refractivity contribution < 1.29 is 14.4 Å². The summed E-state index contributed by atoms with van der Waals surface area (Å²) in [5.41, 5.74) is 0. The van der Waals surface area contributed by atoms with E-state index >= 15 is 0 Å². The van der Waals surface area contributed by atoms with Gasteiger partial charge in [0, 0.05) is 35.6 Å². The Kier molecular flexibility index (Phi) is 5.82. The molecule has 1 aliphatic heterocycles. The third-order valence-electron chi connectivity index (χ3n) is 3.65. The van der Waals surface area contributed by atoms with Crippen molar-refractivity contribution in [3.05, 3.63) is 0 Å². The Balaban J connectivity index is 0.00000162. The Morgan fingerprint density at radius 3 is 2.33 bits per heavy atom. The molecule has 1 saturated carbocycles. The maximum Gasteiger partial charge on any atom is 0.331 e. The molecule has 6 heteroatoms. The van der Waals surface area contributed by atoms with E-state index in [9.17, 15) is 14.4 Å². The zero-order valence-electron chi connectivity index (χ0n) is 11.1. The van der Waals surface area contributed by atoms with Crippen molar-refractivity contribution in [3.8, 4) is 0 Å². The van der Waals surface area contributed by atoms with Crippen molar-refractivity contribution in [2.75, 3.05) is 0 Å². The minimum atomic E-state index is -0.686. The van der Waals surface area contributed by atoms with Crippen LogP contribution in [-0.4, -0.2) is 58.3 Å². The molecular weight excluding hydrogens is 243 g/mol. The normalized spacial score (nSPS) is 25.7. The summed E-state index contributed by atoms with van der Waals surface area (Å²) in [5.74, 6) is -1.45. The maximum atomic E-state index is 12.1. The number of amides is 4. The number of carbonyl (C=O) groups excluding carboxylic acids is 3. The van der Waals surface area contributed by atoms with Gasteiger partial charge in [0.1, 0.15) is 5.92 Å². The molecule has 0 aromatic carbocycles. The van der Waals surface area contributed by atoms with Gasteiger partial charge in [-0.05, 0) is 19.3 Å². The van der Waals surface area contributed by atoms with Gasteiger partial charge in [-0.15, -0.1) is 0 Å². The van der Waals surface area contributed by atoms with Crippen LogP contribution in [0.3, 0.4) is 0 Å². The molecule has 1 saturated heterocycles. The van der Waals surface area contributed by atoms with Gasteiger partial charge < -0.3 is 0 Å². The molecule has 0 aromatic heterocycles. The molecule has 18 heavy (non-hydrogen) atoms. The molecule has 0 bridgehead atoms. The summed E-state index contributed by atoms with van der Waals surface area (Å²) in [7, 11) is 0. The second-order valence-corrected chi connectivity index (χ2v) is 4.76. The van der Waals surface area contributed by atoms with Gasteiger partial charge in [0.25, 0.3) is 0 Å². The van der Waals surface area contributed by atoms with Gasteiger partial charge in [0.2, 0.25) is 11.8 Å². The van der Waals surface area contributed by atoms with E-state index in [0.717, 1.165) is 32.1 Å². The molecule has 0 aromatic rings. The topological polar surface area (TPSA) is 66.5 Å². The number of nitrogens with one attached hydrogen (secondary N) is 1. The second-order valence-electron chi connectivity index (χ2n) is 4.76. The molecular formula is C12H18N2NaO3. The predicted octanol–water partition coefficient (Wildman–Crippen LogP) is 1.04. The fourth-order valence-corrected chi connectivity index (χ4v) is 2.68. The number of hydrogen-bond donors (Lipinski definition) is 1. The first-order chi connectivity index (χ1) is 8.15. The van der Waals surface area contributed by atoms with Crippen LogP contribution in [0.4, 0.5) is 4.79 Å². The molecule has 2 fully saturated rings. The molecule has 2 rings (SSSR count). The average Bonchev–Trinajstić information content (AvgIpc) is 2.30. The summed E-state index contributed by atoms with van der Waals surface area (Å²) in [5, 5.41) is 2.29. The summed E-state index contributed by atoms with van der Waals surface area (Å²) in [6.07, 6.45) is 5.43. The molecule has 1 heterocycles. The van der Waals surface area contributed by atoms with Gasteiger partial charge in [-0.1, -0.05) is 26.2 Å². The Morgan fingerprint density at radius 2 is 1.78 bits per heavy atom. The molecule has 2 aliphatic rings. The molecule has 1 unspecified atom stereocenters. The fourth-order valence-electron chi connectivity index (χ4n) is 2.68. The molecule has 1 radical (unpaired) electrons. The minimum absolute atomic E-state index is 0. The van der Waals surface area contributed by atoms with Crippen LogP contribution in [0.1, 0.15) is 45.4 Å². The van der Waals surface area contributed by atoms with Gasteiger partial charge >= 0.3 is 6.03 Å². The Bertz CT molecular complexity index is 353. The SMILES string of the molecule is CCC1C(=O)NC(=O)N(C2CCCCC2)C1=O.[Na]. The van der Waals surface area contributed by atoms with Crippen LogP contribution in [0.2, 0.25) is 0 Å². The first kappa shape index (κ1) is 15.7. The summed E-state index contributed by atoms with van der Waals surface area (Å²) >= 11 is 0. The van der Waals surface area contributed by atoms with Crippen molar-refractivity contribution >= 4 is 47.4 Å². The van der Waals surface area contributed by atoms with Gasteiger partial charge in [-0.3, -0.25) is 19.8 Å². The summed E-state index contributed by atoms with van der Waals surface area (Å²) in [6.45, 7) is 1.79. The van der Waals surface area contributed by atoms with E-state index in [0.29, 0.717) is 6.42 Å². The summed E-state index contributed by atoms with van der Waals surface area (Å²) in [6, 6.07) is -0.546. The van der Waals surface area contributed by atoms with Crippen LogP contribution >= 0.6 is 0 Å². The third kappa shape index (κ3) is 2.95. The summed E-state index contributed by atoms with van der Waals surface area (Å²) < 4.78 is 0. The van der Waals surface area contributed by atoms with Crippen molar-refractivity contribution in [2.45, 2.75) is 51.5 Å². The largest absolute Gasteiger partial charge is 0.331 e. The minimum Gasteiger partial charge on any atom is -0.277 e. The molecule has 1 N–H and O–H groups in total. The monoisotopic (exact) mass is 261 g/mol. The average molecular weight is 261 g/mol. The first-order valence-electron chi connectivity index (χ1n) is 6.33. The van der Waals surface area contributed by atoms with E-state index in [1.807, 2.05) is 0 Å². The van der Waals surface area contributed by atoms with Crippen LogP contribution < -0.4 is 5.32 Å². The van der Waals surface area contributed by atoms with E-state index in [1.165, 1.54) is 4.90 Å². The number of nitrogens with zero attached hydrogens (tertiary/aromatic N) is 1. The number of barbiturate groups is 1.